The number of hydrogen-bond acceptors (Lipinski definition) is 4. The van der Waals surface area contributed by atoms with Crippen LogP contribution < -0.4 is 5.73 Å². The second-order valence-corrected chi connectivity index (χ2v) is 5.24. The first-order chi connectivity index (χ1) is 10.3. The lowest BCUT2D eigenvalue weighted by Crippen LogP contribution is -2.18. The summed E-state index contributed by atoms with van der Waals surface area (Å²) in [6, 6.07) is 12.1. The first-order valence-electron chi connectivity index (χ1n) is 7.04. The van der Waals surface area contributed by atoms with Crippen LogP contribution in [0.4, 0.5) is 0 Å². The van der Waals surface area contributed by atoms with E-state index in [4.69, 9.17) is 10.2 Å². The minimum atomic E-state index is 0.421. The molecule has 0 saturated carbocycles. The third-order valence-electron chi connectivity index (χ3n) is 3.57. The summed E-state index contributed by atoms with van der Waals surface area (Å²) in [6.45, 7) is 2.07. The highest BCUT2D eigenvalue weighted by Gasteiger charge is 2.14. The fourth-order valence-electron chi connectivity index (χ4n) is 2.62. The Morgan fingerprint density at radius 3 is 2.76 bits per heavy atom. The summed E-state index contributed by atoms with van der Waals surface area (Å²) in [4.78, 5) is 6.40. The Labute approximate surface area is 124 Å². The zero-order valence-corrected chi connectivity index (χ0v) is 12.1. The van der Waals surface area contributed by atoms with Crippen LogP contribution >= 0.6 is 0 Å². The summed E-state index contributed by atoms with van der Waals surface area (Å²) < 4.78 is 5.84. The van der Waals surface area contributed by atoms with Gasteiger partial charge in [0.2, 0.25) is 0 Å². The largest absolute Gasteiger partial charge is 0.459 e. The summed E-state index contributed by atoms with van der Waals surface area (Å²) >= 11 is 0. The van der Waals surface area contributed by atoms with E-state index in [9.17, 15) is 0 Å². The van der Waals surface area contributed by atoms with Gasteiger partial charge in [-0.25, -0.2) is 0 Å². The summed E-state index contributed by atoms with van der Waals surface area (Å²) in [5.41, 5.74) is 9.10. The lowest BCUT2D eigenvalue weighted by molar-refractivity contribution is 0.316. The van der Waals surface area contributed by atoms with Crippen LogP contribution in [0.15, 0.2) is 53.2 Å². The van der Waals surface area contributed by atoms with E-state index in [0.717, 1.165) is 29.8 Å². The molecule has 3 aromatic rings. The third-order valence-corrected chi connectivity index (χ3v) is 3.57. The van der Waals surface area contributed by atoms with E-state index in [1.54, 1.807) is 6.20 Å². The molecule has 2 aromatic heterocycles. The molecule has 0 spiro atoms. The monoisotopic (exact) mass is 281 g/mol. The molecule has 3 rings (SSSR count). The Bertz CT molecular complexity index is 721. The van der Waals surface area contributed by atoms with E-state index in [0.29, 0.717) is 6.54 Å². The van der Waals surface area contributed by atoms with Crippen LogP contribution in [0.25, 0.3) is 11.0 Å². The number of nitrogens with zero attached hydrogens (tertiary/aromatic N) is 2. The molecule has 0 atom stereocenters. The molecule has 0 aliphatic heterocycles. The molecular weight excluding hydrogens is 262 g/mol. The number of pyridine rings is 1. The van der Waals surface area contributed by atoms with Crippen molar-refractivity contribution in [2.75, 3.05) is 7.05 Å². The van der Waals surface area contributed by atoms with Crippen LogP contribution in [0.5, 0.6) is 0 Å². The smallest absolute Gasteiger partial charge is 0.134 e. The van der Waals surface area contributed by atoms with Crippen molar-refractivity contribution in [3.63, 3.8) is 0 Å². The first-order valence-corrected chi connectivity index (χ1v) is 7.04. The SMILES string of the molecule is CN(Cc1cccnc1)Cc1c(CN)oc2ccccc12. The summed E-state index contributed by atoms with van der Waals surface area (Å²) in [7, 11) is 2.09. The average molecular weight is 281 g/mol. The van der Waals surface area contributed by atoms with Crippen molar-refractivity contribution in [1.29, 1.82) is 0 Å². The van der Waals surface area contributed by atoms with Crippen LogP contribution in [0.2, 0.25) is 0 Å². The lowest BCUT2D eigenvalue weighted by Gasteiger charge is -2.16. The second-order valence-electron chi connectivity index (χ2n) is 5.24. The van der Waals surface area contributed by atoms with Crippen molar-refractivity contribution in [2.45, 2.75) is 19.6 Å². The topological polar surface area (TPSA) is 55.3 Å². The zero-order valence-electron chi connectivity index (χ0n) is 12.1. The number of rotatable bonds is 5. The normalized spacial score (nSPS) is 11.4. The molecule has 0 amide bonds. The van der Waals surface area contributed by atoms with Crippen LogP contribution in [0.1, 0.15) is 16.9 Å². The van der Waals surface area contributed by atoms with Crippen LogP contribution in [-0.4, -0.2) is 16.9 Å². The Morgan fingerprint density at radius 1 is 1.14 bits per heavy atom. The molecule has 0 unspecified atom stereocenters. The molecule has 0 aliphatic carbocycles. The number of benzene rings is 1. The summed E-state index contributed by atoms with van der Waals surface area (Å²) in [5.74, 6) is 0.870. The third kappa shape index (κ3) is 2.96. The van der Waals surface area contributed by atoms with Crippen LogP contribution in [0.3, 0.4) is 0 Å². The summed E-state index contributed by atoms with van der Waals surface area (Å²) in [5, 5.41) is 1.15. The molecule has 4 heteroatoms. The van der Waals surface area contributed by atoms with Gasteiger partial charge in [0.25, 0.3) is 0 Å². The maximum atomic E-state index is 5.84. The quantitative estimate of drug-likeness (QED) is 0.781. The number of aromatic nitrogens is 1. The standard InChI is InChI=1S/C17H19N3O/c1-20(11-13-5-4-8-19-10-13)12-15-14-6-2-3-7-16(14)21-17(15)9-18/h2-8,10H,9,11-12,18H2,1H3. The highest BCUT2D eigenvalue weighted by Crippen LogP contribution is 2.26. The van der Waals surface area contributed by atoms with Crippen molar-refractivity contribution in [1.82, 2.24) is 9.88 Å². The van der Waals surface area contributed by atoms with Crippen molar-refractivity contribution in [3.8, 4) is 0 Å². The van der Waals surface area contributed by atoms with Crippen LogP contribution in [-0.2, 0) is 19.6 Å². The number of fused-ring (bicyclic) bond motifs is 1. The van der Waals surface area contributed by atoms with Gasteiger partial charge in [-0.1, -0.05) is 24.3 Å². The lowest BCUT2D eigenvalue weighted by atomic mass is 10.1. The molecule has 0 radical (unpaired) electrons. The molecule has 21 heavy (non-hydrogen) atoms. The van der Waals surface area contributed by atoms with Crippen molar-refractivity contribution < 1.29 is 4.42 Å². The van der Waals surface area contributed by atoms with Crippen molar-refractivity contribution >= 4 is 11.0 Å². The maximum absolute atomic E-state index is 5.84. The number of hydrogen-bond donors (Lipinski definition) is 1. The van der Waals surface area contributed by atoms with Gasteiger partial charge < -0.3 is 10.2 Å². The molecule has 0 bridgehead atoms. The van der Waals surface area contributed by atoms with Gasteiger partial charge >= 0.3 is 0 Å². The minimum Gasteiger partial charge on any atom is -0.459 e. The van der Waals surface area contributed by atoms with E-state index in [-0.39, 0.29) is 0 Å². The first kappa shape index (κ1) is 13.8. The molecule has 0 aliphatic rings. The molecule has 4 nitrogen and oxygen atoms in total. The van der Waals surface area contributed by atoms with E-state index in [2.05, 4.69) is 29.1 Å². The maximum Gasteiger partial charge on any atom is 0.134 e. The van der Waals surface area contributed by atoms with E-state index < -0.39 is 0 Å². The molecule has 0 saturated heterocycles. The highest BCUT2D eigenvalue weighted by atomic mass is 16.3. The van der Waals surface area contributed by atoms with Gasteiger partial charge in [-0.15, -0.1) is 0 Å². The number of para-hydroxylation sites is 1. The van der Waals surface area contributed by atoms with Crippen LogP contribution in [0, 0.1) is 0 Å². The molecule has 2 N–H and O–H groups in total. The molecule has 108 valence electrons. The van der Waals surface area contributed by atoms with Gasteiger partial charge in [0.1, 0.15) is 11.3 Å². The number of furan rings is 1. The van der Waals surface area contributed by atoms with Gasteiger partial charge in [0, 0.05) is 36.4 Å². The van der Waals surface area contributed by atoms with Crippen molar-refractivity contribution in [2.24, 2.45) is 5.73 Å². The van der Waals surface area contributed by atoms with Gasteiger partial charge in [-0.3, -0.25) is 9.88 Å². The fourth-order valence-corrected chi connectivity index (χ4v) is 2.62. The van der Waals surface area contributed by atoms with Gasteiger partial charge in [0.15, 0.2) is 0 Å². The molecule has 2 heterocycles. The average Bonchev–Trinajstić information content (AvgIpc) is 2.86. The molecule has 1 aromatic carbocycles. The van der Waals surface area contributed by atoms with E-state index in [1.165, 1.54) is 11.1 Å². The Balaban J connectivity index is 1.84. The predicted octanol–water partition coefficient (Wildman–Crippen LogP) is 2.92. The Hall–Kier alpha value is -2.17. The highest BCUT2D eigenvalue weighted by molar-refractivity contribution is 5.82. The van der Waals surface area contributed by atoms with Gasteiger partial charge in [-0.05, 0) is 24.7 Å². The van der Waals surface area contributed by atoms with E-state index in [1.807, 2.05) is 30.5 Å². The Kier molecular flexibility index (Phi) is 3.99. The van der Waals surface area contributed by atoms with Crippen molar-refractivity contribution in [3.05, 3.63) is 65.7 Å². The zero-order chi connectivity index (χ0) is 14.7. The predicted molar refractivity (Wildman–Crippen MR) is 83.5 cm³/mol. The number of nitrogens with two attached hydrogens (primary N) is 1. The summed E-state index contributed by atoms with van der Waals surface area (Å²) in [6.07, 6.45) is 3.69. The molecule has 0 fully saturated rings. The minimum absolute atomic E-state index is 0.421. The van der Waals surface area contributed by atoms with Gasteiger partial charge in [-0.2, -0.15) is 0 Å². The van der Waals surface area contributed by atoms with E-state index >= 15 is 0 Å². The second kappa shape index (κ2) is 6.08. The Morgan fingerprint density at radius 2 is 2.00 bits per heavy atom. The molecular formula is C17H19N3O. The fraction of sp³-hybridized carbons (Fsp3) is 0.235. The van der Waals surface area contributed by atoms with Gasteiger partial charge in [0.05, 0.1) is 6.54 Å².